The summed E-state index contributed by atoms with van der Waals surface area (Å²) in [5, 5.41) is 32.1. The molecule has 15 nitrogen and oxygen atoms in total. The van der Waals surface area contributed by atoms with Crippen LogP contribution in [0, 0.1) is 0 Å². The smallest absolute Gasteiger partial charge is 0.322 e. The monoisotopic (exact) mass is 700 g/mol. The Morgan fingerprint density at radius 2 is 1.59 bits per heavy atom. The largest absolute Gasteiger partial charge is 0.506 e. The highest BCUT2D eigenvalue weighted by atomic mass is 16.5. The van der Waals surface area contributed by atoms with Crippen LogP contribution in [0.5, 0.6) is 5.75 Å². The summed E-state index contributed by atoms with van der Waals surface area (Å²) in [6.45, 7) is 2.07. The minimum Gasteiger partial charge on any atom is -0.506 e. The van der Waals surface area contributed by atoms with Crippen LogP contribution in [0.2, 0.25) is 0 Å². The summed E-state index contributed by atoms with van der Waals surface area (Å²) in [5.74, 6) is -4.32. The van der Waals surface area contributed by atoms with Gasteiger partial charge in [-0.25, -0.2) is 0 Å². The highest BCUT2D eigenvalue weighted by Crippen LogP contribution is 2.27. The molecule has 0 radical (unpaired) electrons. The first kappa shape index (κ1) is 36.5. The Balaban J connectivity index is 1.22. The summed E-state index contributed by atoms with van der Waals surface area (Å²) in [5.41, 5.74) is 0.230. The molecule has 0 bridgehead atoms. The number of benzene rings is 3. The molecule has 4 aromatic rings. The lowest BCUT2D eigenvalue weighted by Crippen LogP contribution is -2.50. The van der Waals surface area contributed by atoms with Gasteiger partial charge in [0.2, 0.25) is 17.7 Å². The number of nitrogens with one attached hydrogen (secondary N) is 4. The molecule has 51 heavy (non-hydrogen) atoms. The molecule has 4 amide bonds. The standard InChI is InChI=1S/C36H40N6O9/c1-41-28-9-7-23(17-26(28)33(47)32(36(41)50)35(49)39-21-31(45)46)19-37-30(44)20-38-34(48)27(40-29(43)10-11-42-12-14-51-15-13-42)18-22-6-8-24-4-2-3-5-25(24)16-22/h2-9,16-17,27,47H,10-15,18-21H2,1H3,(H,37,44)(H,38,48)(H,39,49)(H,40,43)(H,45,46)/t27-/m0/s1. The van der Waals surface area contributed by atoms with Gasteiger partial charge in [-0.3, -0.25) is 33.7 Å². The summed E-state index contributed by atoms with van der Waals surface area (Å²) in [4.78, 5) is 77.4. The van der Waals surface area contributed by atoms with Crippen LogP contribution < -0.4 is 26.8 Å². The fourth-order valence-electron chi connectivity index (χ4n) is 5.85. The Morgan fingerprint density at radius 3 is 2.33 bits per heavy atom. The second kappa shape index (κ2) is 16.7. The van der Waals surface area contributed by atoms with Crippen LogP contribution in [0.4, 0.5) is 0 Å². The van der Waals surface area contributed by atoms with Crippen LogP contribution >= 0.6 is 0 Å². The van der Waals surface area contributed by atoms with Gasteiger partial charge in [0.25, 0.3) is 11.5 Å². The van der Waals surface area contributed by atoms with Gasteiger partial charge in [0.05, 0.1) is 25.3 Å². The molecule has 0 unspecified atom stereocenters. The topological polar surface area (TPSA) is 208 Å². The van der Waals surface area contributed by atoms with E-state index < -0.39 is 53.1 Å². The first-order valence-electron chi connectivity index (χ1n) is 16.5. The zero-order valence-electron chi connectivity index (χ0n) is 28.1. The molecule has 1 aliphatic rings. The number of carboxylic acid groups (broad SMARTS) is 1. The Morgan fingerprint density at radius 1 is 0.863 bits per heavy atom. The van der Waals surface area contributed by atoms with Gasteiger partial charge in [0, 0.05) is 51.5 Å². The summed E-state index contributed by atoms with van der Waals surface area (Å²) in [7, 11) is 1.40. The number of nitrogens with zero attached hydrogens (tertiary/aromatic N) is 2. The fraction of sp³-hybridized carbons (Fsp3) is 0.333. The van der Waals surface area contributed by atoms with Crippen molar-refractivity contribution in [2.75, 3.05) is 45.9 Å². The number of rotatable bonds is 14. The molecule has 1 aliphatic heterocycles. The Labute approximate surface area is 292 Å². The van der Waals surface area contributed by atoms with Crippen LogP contribution in [-0.2, 0) is 43.9 Å². The molecule has 0 saturated carbocycles. The molecule has 1 atom stereocenters. The average Bonchev–Trinajstić information content (AvgIpc) is 3.13. The minimum absolute atomic E-state index is 0.0216. The van der Waals surface area contributed by atoms with Crippen molar-refractivity contribution < 1.29 is 38.9 Å². The number of fused-ring (bicyclic) bond motifs is 2. The van der Waals surface area contributed by atoms with Crippen LogP contribution in [0.3, 0.4) is 0 Å². The normalized spacial score (nSPS) is 13.7. The van der Waals surface area contributed by atoms with Crippen molar-refractivity contribution >= 4 is 51.3 Å². The van der Waals surface area contributed by atoms with E-state index in [9.17, 15) is 33.9 Å². The van der Waals surface area contributed by atoms with E-state index in [1.54, 1.807) is 6.07 Å². The van der Waals surface area contributed by atoms with Gasteiger partial charge < -0.3 is 40.8 Å². The molecule has 268 valence electrons. The van der Waals surface area contributed by atoms with Gasteiger partial charge in [0.15, 0.2) is 0 Å². The molecule has 1 aromatic heterocycles. The summed E-state index contributed by atoms with van der Waals surface area (Å²) in [6, 6.07) is 17.3. The molecule has 15 heteroatoms. The van der Waals surface area contributed by atoms with E-state index in [1.807, 2.05) is 42.5 Å². The van der Waals surface area contributed by atoms with Gasteiger partial charge in [-0.05, 0) is 34.0 Å². The van der Waals surface area contributed by atoms with Gasteiger partial charge in [-0.1, -0.05) is 48.5 Å². The van der Waals surface area contributed by atoms with E-state index in [0.29, 0.717) is 30.8 Å². The predicted molar refractivity (Wildman–Crippen MR) is 187 cm³/mol. The van der Waals surface area contributed by atoms with Crippen molar-refractivity contribution in [1.29, 1.82) is 0 Å². The number of hydrogen-bond donors (Lipinski definition) is 6. The number of carbonyl (C=O) groups excluding carboxylic acids is 4. The molecule has 1 fully saturated rings. The highest BCUT2D eigenvalue weighted by Gasteiger charge is 2.24. The number of ether oxygens (including phenoxy) is 1. The molecule has 0 aliphatic carbocycles. The number of aromatic nitrogens is 1. The van der Waals surface area contributed by atoms with E-state index >= 15 is 0 Å². The van der Waals surface area contributed by atoms with Gasteiger partial charge in [-0.15, -0.1) is 0 Å². The zero-order valence-corrected chi connectivity index (χ0v) is 28.1. The number of pyridine rings is 1. The van der Waals surface area contributed by atoms with Crippen molar-refractivity contribution in [1.82, 2.24) is 30.7 Å². The number of aryl methyl sites for hydroxylation is 1. The number of carbonyl (C=O) groups is 5. The van der Waals surface area contributed by atoms with Crippen molar-refractivity contribution in [3.8, 4) is 5.75 Å². The van der Waals surface area contributed by atoms with Gasteiger partial charge in [-0.2, -0.15) is 0 Å². The SMILES string of the molecule is Cn1c(=O)c(C(=O)NCC(=O)O)c(O)c2cc(CNC(=O)CNC(=O)[C@H](Cc3ccc4ccccc4c3)NC(=O)CCN3CCOCC3)ccc21. The Bertz CT molecular complexity index is 2020. The number of aliphatic carboxylic acids is 1. The molecule has 5 rings (SSSR count). The van der Waals surface area contributed by atoms with Crippen molar-refractivity contribution in [3.05, 3.63) is 87.7 Å². The van der Waals surface area contributed by atoms with Crippen molar-refractivity contribution in [2.24, 2.45) is 7.05 Å². The van der Waals surface area contributed by atoms with Gasteiger partial charge in [0.1, 0.15) is 23.9 Å². The van der Waals surface area contributed by atoms with Crippen LogP contribution in [0.25, 0.3) is 21.7 Å². The first-order chi connectivity index (χ1) is 24.5. The molecule has 3 aromatic carbocycles. The number of aromatic hydroxyl groups is 1. The van der Waals surface area contributed by atoms with E-state index in [1.165, 1.54) is 19.2 Å². The summed E-state index contributed by atoms with van der Waals surface area (Å²) < 4.78 is 6.52. The second-order valence-corrected chi connectivity index (χ2v) is 12.2. The third kappa shape index (κ3) is 9.46. The molecule has 6 N–H and O–H groups in total. The molecule has 0 spiro atoms. The predicted octanol–water partition coefficient (Wildman–Crippen LogP) is 0.394. The zero-order chi connectivity index (χ0) is 36.5. The summed E-state index contributed by atoms with van der Waals surface area (Å²) >= 11 is 0. The molecular formula is C36H40N6O9. The fourth-order valence-corrected chi connectivity index (χ4v) is 5.85. The maximum atomic E-state index is 13.4. The Hall–Kier alpha value is -5.80. The van der Waals surface area contributed by atoms with Crippen molar-refractivity contribution in [2.45, 2.75) is 25.4 Å². The quantitative estimate of drug-likeness (QED) is 0.107. The number of hydrogen-bond acceptors (Lipinski definition) is 9. The third-order valence-corrected chi connectivity index (χ3v) is 8.64. The van der Waals surface area contributed by atoms with E-state index in [2.05, 4.69) is 26.2 Å². The summed E-state index contributed by atoms with van der Waals surface area (Å²) in [6.07, 6.45) is 0.410. The van der Waals surface area contributed by atoms with Crippen LogP contribution in [-0.4, -0.2) is 101 Å². The average molecular weight is 701 g/mol. The lowest BCUT2D eigenvalue weighted by atomic mass is 10.0. The molecular weight excluding hydrogens is 660 g/mol. The first-order valence-corrected chi connectivity index (χ1v) is 16.5. The number of carboxylic acids is 1. The lowest BCUT2D eigenvalue weighted by molar-refractivity contribution is -0.135. The maximum Gasteiger partial charge on any atom is 0.322 e. The van der Waals surface area contributed by atoms with Crippen molar-refractivity contribution in [3.63, 3.8) is 0 Å². The third-order valence-electron chi connectivity index (χ3n) is 8.64. The van der Waals surface area contributed by atoms with Crippen LogP contribution in [0.15, 0.2) is 65.5 Å². The van der Waals surface area contributed by atoms with Crippen LogP contribution in [0.1, 0.15) is 27.9 Å². The van der Waals surface area contributed by atoms with E-state index in [-0.39, 0.29) is 37.2 Å². The minimum atomic E-state index is -1.32. The second-order valence-electron chi connectivity index (χ2n) is 12.2. The lowest BCUT2D eigenvalue weighted by Gasteiger charge is -2.26. The number of amides is 4. The van der Waals surface area contributed by atoms with Gasteiger partial charge >= 0.3 is 5.97 Å². The van der Waals surface area contributed by atoms with E-state index in [0.717, 1.165) is 34.0 Å². The Kier molecular flexibility index (Phi) is 12.0. The maximum absolute atomic E-state index is 13.4. The molecule has 1 saturated heterocycles. The molecule has 2 heterocycles. The van der Waals surface area contributed by atoms with E-state index in [4.69, 9.17) is 9.84 Å². The highest BCUT2D eigenvalue weighted by molar-refractivity contribution is 6.03. The number of morpholine rings is 1.